The highest BCUT2D eigenvalue weighted by Gasteiger charge is 2.13. The lowest BCUT2D eigenvalue weighted by molar-refractivity contribution is 0.455. The number of nitrogens with one attached hydrogen (secondary N) is 1. The second-order valence-electron chi connectivity index (χ2n) is 5.03. The molecule has 0 aliphatic rings. The SMILES string of the molecule is CCNC(C)c1ccc(N(C)c2ccccc2F)cc1O. The summed E-state index contributed by atoms with van der Waals surface area (Å²) in [5.74, 6) is -0.0753. The van der Waals surface area contributed by atoms with Crippen LogP contribution in [0.25, 0.3) is 0 Å². The molecule has 0 saturated carbocycles. The van der Waals surface area contributed by atoms with Crippen LogP contribution >= 0.6 is 0 Å². The molecule has 0 aliphatic heterocycles. The van der Waals surface area contributed by atoms with Gasteiger partial charge in [0.05, 0.1) is 5.69 Å². The number of aromatic hydroxyl groups is 1. The van der Waals surface area contributed by atoms with Crippen molar-refractivity contribution in [3.8, 4) is 5.75 Å². The first-order valence-corrected chi connectivity index (χ1v) is 7.09. The minimum Gasteiger partial charge on any atom is -0.508 e. The average Bonchev–Trinajstić information content (AvgIpc) is 2.47. The summed E-state index contributed by atoms with van der Waals surface area (Å²) in [5, 5.41) is 13.5. The predicted octanol–water partition coefficient (Wildman–Crippen LogP) is 3.97. The van der Waals surface area contributed by atoms with Crippen LogP contribution in [0.2, 0.25) is 0 Å². The molecule has 0 fully saturated rings. The number of hydrogen-bond acceptors (Lipinski definition) is 3. The van der Waals surface area contributed by atoms with E-state index in [4.69, 9.17) is 0 Å². The summed E-state index contributed by atoms with van der Waals surface area (Å²) in [6, 6.07) is 12.1. The van der Waals surface area contributed by atoms with Gasteiger partial charge in [0.25, 0.3) is 0 Å². The monoisotopic (exact) mass is 288 g/mol. The Morgan fingerprint density at radius 3 is 2.57 bits per heavy atom. The first-order chi connectivity index (χ1) is 10.0. The van der Waals surface area contributed by atoms with Crippen molar-refractivity contribution in [2.24, 2.45) is 0 Å². The Morgan fingerprint density at radius 2 is 1.95 bits per heavy atom. The normalized spacial score (nSPS) is 12.2. The maximum Gasteiger partial charge on any atom is 0.146 e. The van der Waals surface area contributed by atoms with Crippen LogP contribution < -0.4 is 10.2 Å². The molecular formula is C17H21FN2O. The van der Waals surface area contributed by atoms with Gasteiger partial charge in [0.2, 0.25) is 0 Å². The molecule has 21 heavy (non-hydrogen) atoms. The minimum absolute atomic E-state index is 0.0721. The molecule has 1 atom stereocenters. The van der Waals surface area contributed by atoms with Crippen molar-refractivity contribution >= 4 is 11.4 Å². The lowest BCUT2D eigenvalue weighted by Crippen LogP contribution is -2.18. The van der Waals surface area contributed by atoms with Gasteiger partial charge in [-0.2, -0.15) is 0 Å². The summed E-state index contributed by atoms with van der Waals surface area (Å²) in [4.78, 5) is 1.72. The fourth-order valence-corrected chi connectivity index (χ4v) is 2.39. The van der Waals surface area contributed by atoms with Crippen molar-refractivity contribution in [1.29, 1.82) is 0 Å². The summed E-state index contributed by atoms with van der Waals surface area (Å²) in [6.45, 7) is 4.85. The van der Waals surface area contributed by atoms with E-state index in [1.165, 1.54) is 6.07 Å². The number of phenolic OH excluding ortho intramolecular Hbond substituents is 1. The molecule has 0 spiro atoms. The van der Waals surface area contributed by atoms with E-state index >= 15 is 0 Å². The van der Waals surface area contributed by atoms with E-state index in [1.807, 2.05) is 26.0 Å². The lowest BCUT2D eigenvalue weighted by atomic mass is 10.1. The summed E-state index contributed by atoms with van der Waals surface area (Å²) < 4.78 is 13.8. The van der Waals surface area contributed by atoms with Crippen LogP contribution in [0.15, 0.2) is 42.5 Å². The zero-order valence-corrected chi connectivity index (χ0v) is 12.6. The molecule has 4 heteroatoms. The number of nitrogens with zero attached hydrogens (tertiary/aromatic N) is 1. The third kappa shape index (κ3) is 3.34. The number of phenols is 1. The van der Waals surface area contributed by atoms with Crippen molar-refractivity contribution in [1.82, 2.24) is 5.32 Å². The topological polar surface area (TPSA) is 35.5 Å². The van der Waals surface area contributed by atoms with Gasteiger partial charge >= 0.3 is 0 Å². The Morgan fingerprint density at radius 1 is 1.24 bits per heavy atom. The molecule has 0 aromatic heterocycles. The molecule has 2 aromatic rings. The van der Waals surface area contributed by atoms with Crippen molar-refractivity contribution in [2.45, 2.75) is 19.9 Å². The van der Waals surface area contributed by atoms with Crippen LogP contribution in [0.3, 0.4) is 0 Å². The Hall–Kier alpha value is -2.07. The average molecular weight is 288 g/mol. The number of rotatable bonds is 5. The van der Waals surface area contributed by atoms with Gasteiger partial charge < -0.3 is 15.3 Å². The molecule has 0 radical (unpaired) electrons. The fourth-order valence-electron chi connectivity index (χ4n) is 2.39. The molecule has 2 aromatic carbocycles. The number of para-hydroxylation sites is 1. The van der Waals surface area contributed by atoms with E-state index in [-0.39, 0.29) is 17.6 Å². The zero-order chi connectivity index (χ0) is 15.4. The van der Waals surface area contributed by atoms with Crippen LogP contribution in [0.4, 0.5) is 15.8 Å². The van der Waals surface area contributed by atoms with Crippen LogP contribution in [0.5, 0.6) is 5.75 Å². The highest BCUT2D eigenvalue weighted by atomic mass is 19.1. The zero-order valence-electron chi connectivity index (χ0n) is 12.6. The number of halogens is 1. The van der Waals surface area contributed by atoms with Gasteiger partial charge in [-0.05, 0) is 31.7 Å². The van der Waals surface area contributed by atoms with Crippen molar-refractivity contribution in [3.63, 3.8) is 0 Å². The number of hydrogen-bond donors (Lipinski definition) is 2. The molecule has 0 heterocycles. The molecule has 0 bridgehead atoms. The highest BCUT2D eigenvalue weighted by Crippen LogP contribution is 2.32. The maximum absolute atomic E-state index is 13.8. The molecule has 2 rings (SSSR count). The maximum atomic E-state index is 13.8. The second kappa shape index (κ2) is 6.59. The molecular weight excluding hydrogens is 267 g/mol. The summed E-state index contributed by atoms with van der Waals surface area (Å²) in [7, 11) is 1.78. The van der Waals surface area contributed by atoms with Crippen LogP contribution in [-0.4, -0.2) is 18.7 Å². The smallest absolute Gasteiger partial charge is 0.146 e. The lowest BCUT2D eigenvalue weighted by Gasteiger charge is -2.22. The van der Waals surface area contributed by atoms with E-state index in [2.05, 4.69) is 5.32 Å². The quantitative estimate of drug-likeness (QED) is 0.874. The third-order valence-corrected chi connectivity index (χ3v) is 3.59. The van der Waals surface area contributed by atoms with Crippen LogP contribution in [0.1, 0.15) is 25.5 Å². The van der Waals surface area contributed by atoms with E-state index in [0.717, 1.165) is 17.8 Å². The van der Waals surface area contributed by atoms with Gasteiger partial charge in [-0.25, -0.2) is 4.39 Å². The third-order valence-electron chi connectivity index (χ3n) is 3.59. The molecule has 0 aliphatic carbocycles. The minimum atomic E-state index is -0.287. The Kier molecular flexibility index (Phi) is 4.81. The van der Waals surface area contributed by atoms with Gasteiger partial charge in [-0.3, -0.25) is 0 Å². The molecule has 1 unspecified atom stereocenters. The summed E-state index contributed by atoms with van der Waals surface area (Å²) >= 11 is 0. The van der Waals surface area contributed by atoms with Gasteiger partial charge in [-0.1, -0.05) is 25.1 Å². The van der Waals surface area contributed by atoms with E-state index in [9.17, 15) is 9.50 Å². The number of benzene rings is 2. The highest BCUT2D eigenvalue weighted by molar-refractivity contribution is 5.65. The van der Waals surface area contributed by atoms with Crippen LogP contribution in [-0.2, 0) is 0 Å². The van der Waals surface area contributed by atoms with Crippen molar-refractivity contribution < 1.29 is 9.50 Å². The van der Waals surface area contributed by atoms with Crippen molar-refractivity contribution in [2.75, 3.05) is 18.5 Å². The molecule has 0 amide bonds. The molecule has 112 valence electrons. The Bertz CT molecular complexity index is 615. The first kappa shape index (κ1) is 15.3. The van der Waals surface area contributed by atoms with Crippen molar-refractivity contribution in [3.05, 3.63) is 53.8 Å². The van der Waals surface area contributed by atoms with Gasteiger partial charge in [0.1, 0.15) is 11.6 Å². The van der Waals surface area contributed by atoms with Gasteiger partial charge in [0, 0.05) is 30.4 Å². The largest absolute Gasteiger partial charge is 0.508 e. The first-order valence-electron chi connectivity index (χ1n) is 7.09. The standard InChI is InChI=1S/C17H21FN2O/c1-4-19-12(2)14-10-9-13(11-17(14)21)20(3)16-8-6-5-7-15(16)18/h5-12,19,21H,4H2,1-3H3. The molecule has 0 saturated heterocycles. The van der Waals surface area contributed by atoms with E-state index in [1.54, 1.807) is 36.2 Å². The Balaban J connectivity index is 2.30. The Labute approximate surface area is 125 Å². The number of anilines is 2. The fraction of sp³-hybridized carbons (Fsp3) is 0.294. The molecule has 2 N–H and O–H groups in total. The van der Waals surface area contributed by atoms with E-state index in [0.29, 0.717) is 5.69 Å². The van der Waals surface area contributed by atoms with E-state index < -0.39 is 0 Å². The van der Waals surface area contributed by atoms with Gasteiger partial charge in [0.15, 0.2) is 0 Å². The summed E-state index contributed by atoms with van der Waals surface area (Å²) in [6.07, 6.45) is 0. The summed E-state index contributed by atoms with van der Waals surface area (Å²) in [5.41, 5.74) is 2.05. The predicted molar refractivity (Wildman–Crippen MR) is 84.7 cm³/mol. The molecule has 3 nitrogen and oxygen atoms in total. The van der Waals surface area contributed by atoms with Crippen LogP contribution in [0, 0.1) is 5.82 Å². The van der Waals surface area contributed by atoms with Gasteiger partial charge in [-0.15, -0.1) is 0 Å². The second-order valence-corrected chi connectivity index (χ2v) is 5.03.